The fourth-order valence-corrected chi connectivity index (χ4v) is 2.19. The number of anilines is 1. The van der Waals surface area contributed by atoms with Gasteiger partial charge in [0.25, 0.3) is 0 Å². The molecule has 118 valence electrons. The van der Waals surface area contributed by atoms with Crippen molar-refractivity contribution in [3.8, 4) is 0 Å². The lowest BCUT2D eigenvalue weighted by Crippen LogP contribution is -2.29. The number of hydrogen-bond acceptors (Lipinski definition) is 2. The van der Waals surface area contributed by atoms with Crippen molar-refractivity contribution in [2.75, 3.05) is 5.32 Å². The molecule has 0 bridgehead atoms. The van der Waals surface area contributed by atoms with E-state index >= 15 is 0 Å². The first kappa shape index (κ1) is 16.1. The fourth-order valence-electron chi connectivity index (χ4n) is 2.19. The van der Waals surface area contributed by atoms with Crippen LogP contribution in [0.5, 0.6) is 0 Å². The fraction of sp³-hybridized carbons (Fsp3) is 0.333. The molecule has 0 radical (unpaired) electrons. The Morgan fingerprint density at radius 1 is 1.27 bits per heavy atom. The number of nitrogens with one attached hydrogen (secondary N) is 2. The Kier molecular flexibility index (Phi) is 4.54. The van der Waals surface area contributed by atoms with E-state index in [1.807, 2.05) is 6.92 Å². The Labute approximate surface area is 124 Å². The summed E-state index contributed by atoms with van der Waals surface area (Å²) < 4.78 is 36.7. The van der Waals surface area contributed by atoms with Gasteiger partial charge in [-0.05, 0) is 30.5 Å². The minimum absolute atomic E-state index is 0.0156. The zero-order valence-electron chi connectivity index (χ0n) is 11.9. The summed E-state index contributed by atoms with van der Waals surface area (Å²) in [5.41, 5.74) is 0.906. The molecule has 7 heteroatoms. The lowest BCUT2D eigenvalue weighted by Gasteiger charge is -2.10. The second-order valence-electron chi connectivity index (χ2n) is 4.97. The van der Waals surface area contributed by atoms with Crippen LogP contribution in [0.15, 0.2) is 29.1 Å². The van der Waals surface area contributed by atoms with Gasteiger partial charge in [-0.1, -0.05) is 19.4 Å². The van der Waals surface area contributed by atoms with E-state index in [2.05, 4.69) is 4.98 Å². The molecule has 0 aliphatic carbocycles. The maximum absolute atomic E-state index is 12.2. The molecular weight excluding hydrogens is 297 g/mol. The van der Waals surface area contributed by atoms with Crippen LogP contribution in [0.25, 0.3) is 10.9 Å². The van der Waals surface area contributed by atoms with Gasteiger partial charge in [0.1, 0.15) is 0 Å². The highest BCUT2D eigenvalue weighted by atomic mass is 19.4. The van der Waals surface area contributed by atoms with Crippen LogP contribution >= 0.6 is 0 Å². The van der Waals surface area contributed by atoms with Crippen LogP contribution in [-0.2, 0) is 11.2 Å². The van der Waals surface area contributed by atoms with Crippen molar-refractivity contribution >= 4 is 22.5 Å². The highest BCUT2D eigenvalue weighted by molar-refractivity contribution is 5.97. The minimum Gasteiger partial charge on any atom is -0.322 e. The molecule has 0 aliphatic rings. The molecule has 0 spiro atoms. The van der Waals surface area contributed by atoms with E-state index in [9.17, 15) is 22.8 Å². The topological polar surface area (TPSA) is 62.0 Å². The molecule has 1 amide bonds. The van der Waals surface area contributed by atoms with Gasteiger partial charge in [-0.2, -0.15) is 13.2 Å². The number of aromatic nitrogens is 1. The maximum Gasteiger partial charge on any atom is 0.471 e. The number of amides is 1. The average Bonchev–Trinajstić information content (AvgIpc) is 2.43. The van der Waals surface area contributed by atoms with Crippen LogP contribution in [0.2, 0.25) is 0 Å². The Hall–Kier alpha value is -2.31. The predicted molar refractivity (Wildman–Crippen MR) is 77.9 cm³/mol. The third kappa shape index (κ3) is 3.66. The number of hydrogen-bond donors (Lipinski definition) is 2. The van der Waals surface area contributed by atoms with Crippen LogP contribution in [0.3, 0.4) is 0 Å². The Balaban J connectivity index is 2.38. The van der Waals surface area contributed by atoms with Crippen LogP contribution in [0.1, 0.15) is 25.3 Å². The molecular formula is C15H15F3N2O2. The summed E-state index contributed by atoms with van der Waals surface area (Å²) in [6.07, 6.45) is -2.37. The van der Waals surface area contributed by atoms with Gasteiger partial charge in [0.15, 0.2) is 0 Å². The average molecular weight is 312 g/mol. The molecule has 1 aromatic heterocycles. The van der Waals surface area contributed by atoms with E-state index < -0.39 is 12.1 Å². The molecule has 1 aromatic carbocycles. The van der Waals surface area contributed by atoms with E-state index in [4.69, 9.17) is 0 Å². The van der Waals surface area contributed by atoms with Crippen LogP contribution in [-0.4, -0.2) is 17.1 Å². The second-order valence-corrected chi connectivity index (χ2v) is 4.97. The number of halogens is 3. The van der Waals surface area contributed by atoms with E-state index in [0.29, 0.717) is 11.9 Å². The van der Waals surface area contributed by atoms with Gasteiger partial charge in [0.2, 0.25) is 5.56 Å². The molecule has 0 saturated heterocycles. The molecule has 0 saturated carbocycles. The summed E-state index contributed by atoms with van der Waals surface area (Å²) in [6.45, 7) is 2.03. The highest BCUT2D eigenvalue weighted by Gasteiger charge is 2.38. The largest absolute Gasteiger partial charge is 0.471 e. The van der Waals surface area contributed by atoms with E-state index in [-0.39, 0.29) is 11.2 Å². The number of pyridine rings is 1. The summed E-state index contributed by atoms with van der Waals surface area (Å²) in [5, 5.41) is 2.53. The normalized spacial score (nSPS) is 11.6. The first-order valence-electron chi connectivity index (χ1n) is 6.85. The number of carbonyl (C=O) groups excluding carboxylic acids is 1. The monoisotopic (exact) mass is 312 g/mol. The number of carbonyl (C=O) groups is 1. The lowest BCUT2D eigenvalue weighted by molar-refractivity contribution is -0.167. The van der Waals surface area contributed by atoms with Crippen molar-refractivity contribution in [1.29, 1.82) is 0 Å². The predicted octanol–water partition coefficient (Wildman–Crippen LogP) is 3.37. The molecule has 2 N–H and O–H groups in total. The van der Waals surface area contributed by atoms with Crippen LogP contribution < -0.4 is 10.9 Å². The molecule has 4 nitrogen and oxygen atoms in total. The zero-order valence-corrected chi connectivity index (χ0v) is 11.9. The first-order valence-corrected chi connectivity index (χ1v) is 6.85. The summed E-state index contributed by atoms with van der Waals surface area (Å²) in [6, 6.07) is 5.81. The number of aromatic amines is 1. The van der Waals surface area contributed by atoms with Crippen LogP contribution in [0.4, 0.5) is 18.9 Å². The summed E-state index contributed by atoms with van der Waals surface area (Å²) in [5.74, 6) is -2.05. The van der Waals surface area contributed by atoms with Gasteiger partial charge in [-0.25, -0.2) is 0 Å². The van der Waals surface area contributed by atoms with Gasteiger partial charge in [0, 0.05) is 17.1 Å². The maximum atomic E-state index is 12.2. The Morgan fingerprint density at radius 2 is 2.00 bits per heavy atom. The molecule has 0 aliphatic heterocycles. The summed E-state index contributed by atoms with van der Waals surface area (Å²) >= 11 is 0. The van der Waals surface area contributed by atoms with Gasteiger partial charge in [0.05, 0.1) is 5.52 Å². The summed E-state index contributed by atoms with van der Waals surface area (Å²) in [7, 11) is 0. The molecule has 0 atom stereocenters. The van der Waals surface area contributed by atoms with Gasteiger partial charge < -0.3 is 10.3 Å². The first-order chi connectivity index (χ1) is 10.3. The van der Waals surface area contributed by atoms with Crippen LogP contribution in [0, 0.1) is 0 Å². The molecule has 22 heavy (non-hydrogen) atoms. The Bertz CT molecular complexity index is 751. The van der Waals surface area contributed by atoms with Gasteiger partial charge in [-0.15, -0.1) is 0 Å². The smallest absolute Gasteiger partial charge is 0.322 e. The number of benzene rings is 1. The molecule has 2 aromatic rings. The van der Waals surface area contributed by atoms with E-state index in [1.54, 1.807) is 11.4 Å². The van der Waals surface area contributed by atoms with Crippen molar-refractivity contribution < 1.29 is 18.0 Å². The summed E-state index contributed by atoms with van der Waals surface area (Å²) in [4.78, 5) is 25.1. The number of aryl methyl sites for hydroxylation is 1. The molecule has 2 rings (SSSR count). The number of alkyl halides is 3. The van der Waals surface area contributed by atoms with Gasteiger partial charge >= 0.3 is 12.1 Å². The quantitative estimate of drug-likeness (QED) is 0.909. The van der Waals surface area contributed by atoms with E-state index in [1.165, 1.54) is 18.2 Å². The SMILES string of the molecule is CCCCc1cc(=O)[nH]c2cc(NC(=O)C(F)(F)F)ccc12. The van der Waals surface area contributed by atoms with Crippen molar-refractivity contribution in [2.45, 2.75) is 32.4 Å². The standard InChI is InChI=1S/C15H15F3N2O2/c1-2-3-4-9-7-13(21)20-12-8-10(5-6-11(9)12)19-14(22)15(16,17)18/h5-8H,2-4H2,1H3,(H,19,22)(H,20,21). The Morgan fingerprint density at radius 3 is 2.64 bits per heavy atom. The molecule has 0 fully saturated rings. The third-order valence-electron chi connectivity index (χ3n) is 3.24. The number of fused-ring (bicyclic) bond motifs is 1. The lowest BCUT2D eigenvalue weighted by atomic mass is 10.0. The number of H-pyrrole nitrogens is 1. The van der Waals surface area contributed by atoms with Crippen molar-refractivity contribution in [2.24, 2.45) is 0 Å². The number of rotatable bonds is 4. The minimum atomic E-state index is -4.95. The zero-order chi connectivity index (χ0) is 16.3. The second kappa shape index (κ2) is 6.21. The van der Waals surface area contributed by atoms with Gasteiger partial charge in [-0.3, -0.25) is 9.59 Å². The molecule has 0 unspecified atom stereocenters. The van der Waals surface area contributed by atoms with Crippen molar-refractivity contribution in [3.05, 3.63) is 40.2 Å². The van der Waals surface area contributed by atoms with Crippen molar-refractivity contribution in [3.63, 3.8) is 0 Å². The van der Waals surface area contributed by atoms with Crippen molar-refractivity contribution in [1.82, 2.24) is 4.98 Å². The van der Waals surface area contributed by atoms with E-state index in [0.717, 1.165) is 23.8 Å². The third-order valence-corrected chi connectivity index (χ3v) is 3.24. The molecule has 1 heterocycles. The number of unbranched alkanes of at least 4 members (excludes halogenated alkanes) is 1. The highest BCUT2D eigenvalue weighted by Crippen LogP contribution is 2.23.